The number of aliphatic carboxylic acids is 1. The Balaban J connectivity index is 2.40. The number of benzene rings is 1. The first-order valence-corrected chi connectivity index (χ1v) is 7.51. The van der Waals surface area contributed by atoms with E-state index in [1.807, 2.05) is 6.07 Å². The predicted octanol–water partition coefficient (Wildman–Crippen LogP) is 1.30. The smallest absolute Gasteiger partial charge is 0.332 e. The van der Waals surface area contributed by atoms with Crippen molar-refractivity contribution in [1.29, 1.82) is 0 Å². The maximum atomic E-state index is 11.0. The minimum Gasteiger partial charge on any atom is -0.478 e. The Kier molecular flexibility index (Phi) is 3.75. The van der Waals surface area contributed by atoms with Gasteiger partial charge in [0.05, 0.1) is 6.16 Å². The van der Waals surface area contributed by atoms with E-state index in [1.54, 1.807) is 12.1 Å². The monoisotopic (exact) mass is 283 g/mol. The molecule has 0 saturated heterocycles. The Hall–Kier alpha value is -1.62. The largest absolute Gasteiger partial charge is 0.478 e. The van der Waals surface area contributed by atoms with Crippen LogP contribution in [0.25, 0.3) is 6.08 Å². The Labute approximate surface area is 109 Å². The molecule has 0 aliphatic carbocycles. The van der Waals surface area contributed by atoms with Crippen LogP contribution in [0.3, 0.4) is 0 Å². The summed E-state index contributed by atoms with van der Waals surface area (Å²) in [5.41, 5.74) is 2.26. The standard InChI is InChI=1S/C12H14NO5P/c14-12(15)10(7-19(16,17)18)6-9-3-1-2-8-4-5-13-11(8)9/h1-3,6,13H,4-5,7H2,(H,14,15)(H2,16,17,18)/b10-6-. The zero-order valence-electron chi connectivity index (χ0n) is 10.0. The first kappa shape index (κ1) is 13.8. The highest BCUT2D eigenvalue weighted by molar-refractivity contribution is 7.52. The zero-order valence-corrected chi connectivity index (χ0v) is 10.9. The summed E-state index contributed by atoms with van der Waals surface area (Å²) in [6, 6.07) is 5.46. The third kappa shape index (κ3) is 3.44. The van der Waals surface area contributed by atoms with Gasteiger partial charge in [-0.05, 0) is 23.6 Å². The van der Waals surface area contributed by atoms with Crippen LogP contribution in [0.15, 0.2) is 23.8 Å². The molecule has 1 aromatic rings. The highest BCUT2D eigenvalue weighted by Crippen LogP contribution is 2.38. The first-order chi connectivity index (χ1) is 8.87. The number of hydrogen-bond donors (Lipinski definition) is 4. The molecule has 0 fully saturated rings. The summed E-state index contributed by atoms with van der Waals surface area (Å²) in [5, 5.41) is 12.2. The van der Waals surface area contributed by atoms with Crippen LogP contribution in [-0.2, 0) is 15.8 Å². The summed E-state index contributed by atoms with van der Waals surface area (Å²) in [7, 11) is -4.40. The number of carbonyl (C=O) groups is 1. The topological polar surface area (TPSA) is 107 Å². The van der Waals surface area contributed by atoms with Crippen molar-refractivity contribution in [2.75, 3.05) is 18.0 Å². The molecule has 0 bridgehead atoms. The number of carboxylic acids is 1. The van der Waals surface area contributed by atoms with Gasteiger partial charge in [-0.2, -0.15) is 0 Å². The molecule has 1 heterocycles. The van der Waals surface area contributed by atoms with Gasteiger partial charge in [0, 0.05) is 17.8 Å². The fourth-order valence-electron chi connectivity index (χ4n) is 2.07. The highest BCUT2D eigenvalue weighted by Gasteiger charge is 2.22. The van der Waals surface area contributed by atoms with E-state index in [0.29, 0.717) is 5.56 Å². The van der Waals surface area contributed by atoms with Crippen molar-refractivity contribution in [3.05, 3.63) is 34.9 Å². The van der Waals surface area contributed by atoms with Crippen LogP contribution in [-0.4, -0.2) is 33.6 Å². The molecular formula is C12H14NO5P. The van der Waals surface area contributed by atoms with E-state index in [4.69, 9.17) is 14.9 Å². The van der Waals surface area contributed by atoms with Crippen molar-refractivity contribution < 1.29 is 24.3 Å². The molecule has 1 aliphatic heterocycles. The zero-order chi connectivity index (χ0) is 14.0. The van der Waals surface area contributed by atoms with Crippen LogP contribution in [0.5, 0.6) is 0 Å². The second kappa shape index (κ2) is 5.17. The maximum Gasteiger partial charge on any atom is 0.332 e. The summed E-state index contributed by atoms with van der Waals surface area (Å²) in [6.45, 7) is 0.779. The van der Waals surface area contributed by atoms with Crippen molar-refractivity contribution in [2.24, 2.45) is 0 Å². The predicted molar refractivity (Wildman–Crippen MR) is 71.2 cm³/mol. The highest BCUT2D eigenvalue weighted by atomic mass is 31.2. The van der Waals surface area contributed by atoms with Crippen molar-refractivity contribution in [2.45, 2.75) is 6.42 Å². The lowest BCUT2D eigenvalue weighted by Crippen LogP contribution is -2.06. The molecule has 1 aromatic carbocycles. The van der Waals surface area contributed by atoms with Crippen LogP contribution in [0, 0.1) is 0 Å². The van der Waals surface area contributed by atoms with Gasteiger partial charge in [-0.3, -0.25) is 4.57 Å². The Morgan fingerprint density at radius 1 is 1.42 bits per heavy atom. The van der Waals surface area contributed by atoms with Crippen LogP contribution >= 0.6 is 7.60 Å². The molecule has 2 rings (SSSR count). The van der Waals surface area contributed by atoms with Gasteiger partial charge in [0.1, 0.15) is 0 Å². The Morgan fingerprint density at radius 3 is 2.79 bits per heavy atom. The fourth-order valence-corrected chi connectivity index (χ4v) is 2.74. The van der Waals surface area contributed by atoms with E-state index in [1.165, 1.54) is 6.08 Å². The average Bonchev–Trinajstić information content (AvgIpc) is 2.75. The van der Waals surface area contributed by atoms with Crippen molar-refractivity contribution in [3.8, 4) is 0 Å². The molecule has 0 amide bonds. The number of hydrogen-bond acceptors (Lipinski definition) is 3. The number of carboxylic acid groups (broad SMARTS) is 1. The Morgan fingerprint density at radius 2 is 2.16 bits per heavy atom. The summed E-state index contributed by atoms with van der Waals surface area (Å²) in [6.07, 6.45) is 1.41. The van der Waals surface area contributed by atoms with Crippen LogP contribution < -0.4 is 5.32 Å². The summed E-state index contributed by atoms with van der Waals surface area (Å²) < 4.78 is 10.9. The number of nitrogens with one attached hydrogen (secondary N) is 1. The summed E-state index contributed by atoms with van der Waals surface area (Å²) in [4.78, 5) is 28.8. The molecule has 0 radical (unpaired) electrons. The molecule has 0 unspecified atom stereocenters. The van der Waals surface area contributed by atoms with E-state index in [9.17, 15) is 9.36 Å². The fraction of sp³-hybridized carbons (Fsp3) is 0.250. The first-order valence-electron chi connectivity index (χ1n) is 5.71. The lowest BCUT2D eigenvalue weighted by molar-refractivity contribution is -0.132. The van der Waals surface area contributed by atoms with Crippen LogP contribution in [0.1, 0.15) is 11.1 Å². The van der Waals surface area contributed by atoms with Gasteiger partial charge in [-0.1, -0.05) is 18.2 Å². The van der Waals surface area contributed by atoms with E-state index in [2.05, 4.69) is 5.32 Å². The molecule has 0 spiro atoms. The number of rotatable bonds is 4. The molecule has 0 aromatic heterocycles. The molecule has 7 heteroatoms. The lowest BCUT2D eigenvalue weighted by atomic mass is 10.1. The molecular weight excluding hydrogens is 269 g/mol. The molecule has 0 atom stereocenters. The minimum atomic E-state index is -4.40. The molecule has 1 aliphatic rings. The maximum absolute atomic E-state index is 11.0. The molecule has 0 saturated carbocycles. The van der Waals surface area contributed by atoms with E-state index >= 15 is 0 Å². The second-order valence-corrected chi connectivity index (χ2v) is 6.00. The number of para-hydroxylation sites is 1. The summed E-state index contributed by atoms with van der Waals surface area (Å²) in [5.74, 6) is -1.32. The third-order valence-electron chi connectivity index (χ3n) is 2.86. The van der Waals surface area contributed by atoms with Crippen molar-refractivity contribution >= 4 is 25.3 Å². The average molecular weight is 283 g/mol. The van der Waals surface area contributed by atoms with Crippen molar-refractivity contribution in [1.82, 2.24) is 0 Å². The molecule has 4 N–H and O–H groups in total. The van der Waals surface area contributed by atoms with Gasteiger partial charge in [-0.25, -0.2) is 4.79 Å². The normalized spacial score (nSPS) is 14.9. The number of fused-ring (bicyclic) bond motifs is 1. The van der Waals surface area contributed by atoms with E-state index < -0.39 is 19.7 Å². The van der Waals surface area contributed by atoms with Crippen LogP contribution in [0.2, 0.25) is 0 Å². The molecule has 102 valence electrons. The quantitative estimate of drug-likeness (QED) is 0.490. The number of anilines is 1. The SMILES string of the molecule is O=C(O)/C(=C\c1cccc2c1NCC2)CP(=O)(O)O. The van der Waals surface area contributed by atoms with Gasteiger partial charge < -0.3 is 20.2 Å². The lowest BCUT2D eigenvalue weighted by Gasteiger charge is -2.08. The van der Waals surface area contributed by atoms with Gasteiger partial charge >= 0.3 is 13.6 Å². The van der Waals surface area contributed by atoms with Crippen LogP contribution in [0.4, 0.5) is 5.69 Å². The molecule has 19 heavy (non-hydrogen) atoms. The second-order valence-electron chi connectivity index (χ2n) is 4.36. The third-order valence-corrected chi connectivity index (χ3v) is 3.61. The van der Waals surface area contributed by atoms with Crippen molar-refractivity contribution in [3.63, 3.8) is 0 Å². The van der Waals surface area contributed by atoms with Gasteiger partial charge in [0.2, 0.25) is 0 Å². The van der Waals surface area contributed by atoms with Gasteiger partial charge in [0.25, 0.3) is 0 Å². The van der Waals surface area contributed by atoms with Gasteiger partial charge in [-0.15, -0.1) is 0 Å². The van der Waals surface area contributed by atoms with E-state index in [0.717, 1.165) is 24.2 Å². The Bertz CT molecular complexity index is 590. The summed E-state index contributed by atoms with van der Waals surface area (Å²) >= 11 is 0. The molecule has 6 nitrogen and oxygen atoms in total. The van der Waals surface area contributed by atoms with Gasteiger partial charge in [0.15, 0.2) is 0 Å². The van der Waals surface area contributed by atoms with E-state index in [-0.39, 0.29) is 5.57 Å². The minimum absolute atomic E-state index is 0.296.